The normalized spacial score (nSPS) is 16.0. The fraction of sp³-hybridized carbons (Fsp3) is 0.737. The first-order valence-corrected chi connectivity index (χ1v) is 11.7. The van der Waals surface area contributed by atoms with Crippen LogP contribution >= 0.6 is 0 Å². The minimum absolute atomic E-state index is 0.169. The molecule has 1 aliphatic rings. The van der Waals surface area contributed by atoms with E-state index in [0.29, 0.717) is 42.9 Å². The van der Waals surface area contributed by atoms with E-state index in [0.717, 1.165) is 32.0 Å². The Morgan fingerprint density at radius 3 is 2.32 bits per heavy atom. The molecule has 0 spiro atoms. The van der Waals surface area contributed by atoms with E-state index < -0.39 is 15.3 Å². The maximum atomic E-state index is 12.7. The summed E-state index contributed by atoms with van der Waals surface area (Å²) in [4.78, 5) is 10.7. The summed E-state index contributed by atoms with van der Waals surface area (Å²) in [5.74, 6) is 0.640. The zero-order valence-corrected chi connectivity index (χ0v) is 18.2. The monoisotopic (exact) mass is 410 g/mol. The molecular formula is C19H34N6O2S. The second kappa shape index (κ2) is 10.2. The van der Waals surface area contributed by atoms with E-state index in [-0.39, 0.29) is 5.82 Å². The third-order valence-corrected chi connectivity index (χ3v) is 7.07. The average molecular weight is 411 g/mol. The lowest BCUT2D eigenvalue weighted by atomic mass is 10.0. The first kappa shape index (κ1) is 22.5. The molecule has 0 aromatic carbocycles. The van der Waals surface area contributed by atoms with E-state index in [2.05, 4.69) is 52.6 Å². The standard InChI is InChI=1S/C19H34N6O2S/c1-14(2)25(15(3)4)11-10-21-18-17(12-20)19(23-13-22-18)24-28(26,27)16-8-6-5-7-9-16/h12-16,20H,5-11H2,1-4H3,(H2,21,22,23,24). The van der Waals surface area contributed by atoms with Gasteiger partial charge in [0.15, 0.2) is 5.82 Å². The number of nitrogens with zero attached hydrogens (tertiary/aromatic N) is 3. The van der Waals surface area contributed by atoms with Crippen molar-refractivity contribution < 1.29 is 8.42 Å². The fourth-order valence-electron chi connectivity index (χ4n) is 3.76. The van der Waals surface area contributed by atoms with Crippen LogP contribution in [0.5, 0.6) is 0 Å². The molecule has 1 heterocycles. The maximum absolute atomic E-state index is 12.7. The summed E-state index contributed by atoms with van der Waals surface area (Å²) >= 11 is 0. The van der Waals surface area contributed by atoms with Crippen LogP contribution in [-0.4, -0.2) is 59.9 Å². The van der Waals surface area contributed by atoms with Crippen molar-refractivity contribution in [3.8, 4) is 0 Å². The molecule has 0 atom stereocenters. The fourth-order valence-corrected chi connectivity index (χ4v) is 5.32. The molecule has 3 N–H and O–H groups in total. The Morgan fingerprint density at radius 2 is 1.75 bits per heavy atom. The van der Waals surface area contributed by atoms with Gasteiger partial charge in [-0.3, -0.25) is 9.62 Å². The van der Waals surface area contributed by atoms with Gasteiger partial charge in [-0.15, -0.1) is 0 Å². The molecular weight excluding hydrogens is 376 g/mol. The van der Waals surface area contributed by atoms with E-state index in [4.69, 9.17) is 5.41 Å². The zero-order valence-electron chi connectivity index (χ0n) is 17.4. The Hall–Kier alpha value is -1.74. The van der Waals surface area contributed by atoms with Gasteiger partial charge in [0.05, 0.1) is 10.8 Å². The van der Waals surface area contributed by atoms with Crippen molar-refractivity contribution >= 4 is 27.9 Å². The molecule has 0 saturated heterocycles. The van der Waals surface area contributed by atoms with Crippen LogP contribution in [0.3, 0.4) is 0 Å². The highest BCUT2D eigenvalue weighted by Gasteiger charge is 2.28. The minimum atomic E-state index is -3.52. The first-order chi connectivity index (χ1) is 13.3. The van der Waals surface area contributed by atoms with Gasteiger partial charge in [0, 0.05) is 31.4 Å². The van der Waals surface area contributed by atoms with Crippen molar-refractivity contribution in [2.24, 2.45) is 0 Å². The van der Waals surface area contributed by atoms with Crippen LogP contribution in [0.4, 0.5) is 11.6 Å². The summed E-state index contributed by atoms with van der Waals surface area (Å²) < 4.78 is 28.0. The molecule has 1 saturated carbocycles. The number of anilines is 2. The van der Waals surface area contributed by atoms with E-state index in [1.54, 1.807) is 0 Å². The molecule has 0 radical (unpaired) electrons. The average Bonchev–Trinajstić information content (AvgIpc) is 2.65. The number of nitrogens with one attached hydrogen (secondary N) is 3. The number of rotatable bonds is 10. The van der Waals surface area contributed by atoms with Crippen molar-refractivity contribution in [2.75, 3.05) is 23.1 Å². The van der Waals surface area contributed by atoms with E-state index in [9.17, 15) is 8.42 Å². The molecule has 0 amide bonds. The van der Waals surface area contributed by atoms with Crippen molar-refractivity contribution in [1.29, 1.82) is 5.41 Å². The number of aromatic nitrogens is 2. The highest BCUT2D eigenvalue weighted by molar-refractivity contribution is 7.93. The van der Waals surface area contributed by atoms with Crippen molar-refractivity contribution in [3.63, 3.8) is 0 Å². The van der Waals surface area contributed by atoms with Crippen molar-refractivity contribution in [2.45, 2.75) is 77.1 Å². The van der Waals surface area contributed by atoms with Crippen molar-refractivity contribution in [3.05, 3.63) is 11.9 Å². The molecule has 1 aromatic rings. The van der Waals surface area contributed by atoms with Crippen LogP contribution in [0.15, 0.2) is 6.33 Å². The van der Waals surface area contributed by atoms with Gasteiger partial charge in [-0.1, -0.05) is 19.3 Å². The highest BCUT2D eigenvalue weighted by atomic mass is 32.2. The molecule has 1 aromatic heterocycles. The van der Waals surface area contributed by atoms with Gasteiger partial charge < -0.3 is 10.7 Å². The topological polar surface area (TPSA) is 111 Å². The molecule has 158 valence electrons. The molecule has 28 heavy (non-hydrogen) atoms. The lowest BCUT2D eigenvalue weighted by molar-refractivity contribution is 0.182. The summed E-state index contributed by atoms with van der Waals surface area (Å²) in [6.07, 6.45) is 6.73. The largest absolute Gasteiger partial charge is 0.368 e. The summed E-state index contributed by atoms with van der Waals surface area (Å²) in [7, 11) is -3.52. The Kier molecular flexibility index (Phi) is 8.18. The van der Waals surface area contributed by atoms with E-state index >= 15 is 0 Å². The Morgan fingerprint density at radius 1 is 1.14 bits per heavy atom. The second-order valence-corrected chi connectivity index (χ2v) is 9.85. The minimum Gasteiger partial charge on any atom is -0.368 e. The van der Waals surface area contributed by atoms with Gasteiger partial charge in [0.2, 0.25) is 10.0 Å². The van der Waals surface area contributed by atoms with Gasteiger partial charge >= 0.3 is 0 Å². The third-order valence-electron chi connectivity index (χ3n) is 5.25. The van der Waals surface area contributed by atoms with Gasteiger partial charge in [-0.2, -0.15) is 0 Å². The van der Waals surface area contributed by atoms with Crippen LogP contribution in [0, 0.1) is 5.41 Å². The van der Waals surface area contributed by atoms with Crippen LogP contribution in [0.2, 0.25) is 0 Å². The number of sulfonamides is 1. The van der Waals surface area contributed by atoms with Gasteiger partial charge in [-0.25, -0.2) is 18.4 Å². The van der Waals surface area contributed by atoms with Gasteiger partial charge in [0.25, 0.3) is 0 Å². The molecule has 0 bridgehead atoms. The molecule has 2 rings (SSSR count). The molecule has 0 unspecified atom stereocenters. The predicted octanol–water partition coefficient (Wildman–Crippen LogP) is 3.08. The van der Waals surface area contributed by atoms with Crippen LogP contribution in [-0.2, 0) is 10.0 Å². The maximum Gasteiger partial charge on any atom is 0.236 e. The quantitative estimate of drug-likeness (QED) is 0.511. The molecule has 1 fully saturated rings. The Labute approximate surface area is 169 Å². The van der Waals surface area contributed by atoms with E-state index in [1.807, 2.05) is 0 Å². The zero-order chi connectivity index (χ0) is 20.7. The number of hydrogen-bond acceptors (Lipinski definition) is 7. The van der Waals surface area contributed by atoms with Crippen LogP contribution in [0.25, 0.3) is 0 Å². The summed E-state index contributed by atoms with van der Waals surface area (Å²) in [6.45, 7) is 10.1. The number of hydrogen-bond donors (Lipinski definition) is 3. The molecule has 8 nitrogen and oxygen atoms in total. The first-order valence-electron chi connectivity index (χ1n) is 10.1. The van der Waals surface area contributed by atoms with Gasteiger partial charge in [0.1, 0.15) is 12.1 Å². The summed E-state index contributed by atoms with van der Waals surface area (Å²) in [5.41, 5.74) is 0.363. The smallest absolute Gasteiger partial charge is 0.236 e. The Balaban J connectivity index is 2.10. The molecule has 9 heteroatoms. The van der Waals surface area contributed by atoms with Crippen LogP contribution in [0.1, 0.15) is 65.4 Å². The molecule has 1 aliphatic carbocycles. The van der Waals surface area contributed by atoms with Crippen LogP contribution < -0.4 is 10.0 Å². The lowest BCUT2D eigenvalue weighted by Crippen LogP contribution is -2.40. The van der Waals surface area contributed by atoms with Crippen molar-refractivity contribution in [1.82, 2.24) is 14.9 Å². The van der Waals surface area contributed by atoms with E-state index in [1.165, 1.54) is 6.33 Å². The Bertz CT molecular complexity index is 737. The summed E-state index contributed by atoms with van der Waals surface area (Å²) in [5, 5.41) is 10.6. The van der Waals surface area contributed by atoms with Gasteiger partial charge in [-0.05, 0) is 40.5 Å². The highest BCUT2D eigenvalue weighted by Crippen LogP contribution is 2.26. The third kappa shape index (κ3) is 5.88. The predicted molar refractivity (Wildman–Crippen MR) is 115 cm³/mol. The SMILES string of the molecule is CC(C)N(CCNc1ncnc(NS(=O)(=O)C2CCCCC2)c1C=N)C(C)C. The lowest BCUT2D eigenvalue weighted by Gasteiger charge is -2.30. The summed E-state index contributed by atoms with van der Waals surface area (Å²) in [6, 6.07) is 0.847. The molecule has 0 aliphatic heterocycles. The second-order valence-electron chi connectivity index (χ2n) is 7.89.